The Bertz CT molecular complexity index is 853. The first-order valence-corrected chi connectivity index (χ1v) is 10.7. The first kappa shape index (κ1) is 23.0. The molecule has 0 aliphatic carbocycles. The highest BCUT2D eigenvalue weighted by Gasteiger charge is 2.17. The number of benzene rings is 1. The molecular formula is C23H33FN6O. The molecule has 2 heterocycles. The van der Waals surface area contributed by atoms with E-state index in [2.05, 4.69) is 27.1 Å². The van der Waals surface area contributed by atoms with Crippen molar-refractivity contribution >= 4 is 11.8 Å². The molecule has 1 aromatic carbocycles. The summed E-state index contributed by atoms with van der Waals surface area (Å²) in [4.78, 5) is 25.6. The minimum Gasteiger partial charge on any atom is -0.354 e. The molecule has 0 atom stereocenters. The highest BCUT2D eigenvalue weighted by Crippen LogP contribution is 2.15. The van der Waals surface area contributed by atoms with Gasteiger partial charge in [-0.2, -0.15) is 0 Å². The number of carbonyl (C=O) groups excluding carboxylic acids is 1. The SMILES string of the molecule is CN(C)CCN(Cc1ccccc1F)C(=O)NCc1ccnc(N2CCN(C)CC2)c1. The van der Waals surface area contributed by atoms with Gasteiger partial charge in [0.2, 0.25) is 0 Å². The van der Waals surface area contributed by atoms with Gasteiger partial charge in [0, 0.05) is 57.6 Å². The summed E-state index contributed by atoms with van der Waals surface area (Å²) in [7, 11) is 6.03. The van der Waals surface area contributed by atoms with Crippen LogP contribution in [0.25, 0.3) is 0 Å². The number of halogens is 1. The average Bonchev–Trinajstić information content (AvgIpc) is 2.76. The summed E-state index contributed by atoms with van der Waals surface area (Å²) in [5, 5.41) is 2.99. The van der Waals surface area contributed by atoms with Gasteiger partial charge >= 0.3 is 6.03 Å². The molecule has 1 aliphatic heterocycles. The third kappa shape index (κ3) is 6.90. The second-order valence-corrected chi connectivity index (χ2v) is 8.29. The van der Waals surface area contributed by atoms with E-state index >= 15 is 0 Å². The second kappa shape index (κ2) is 11.1. The second-order valence-electron chi connectivity index (χ2n) is 8.29. The summed E-state index contributed by atoms with van der Waals surface area (Å²) in [6.07, 6.45) is 1.79. The summed E-state index contributed by atoms with van der Waals surface area (Å²) in [6, 6.07) is 10.3. The number of hydrogen-bond donors (Lipinski definition) is 1. The van der Waals surface area contributed by atoms with Gasteiger partial charge < -0.3 is 24.9 Å². The van der Waals surface area contributed by atoms with Crippen molar-refractivity contribution in [3.05, 3.63) is 59.5 Å². The number of anilines is 1. The Morgan fingerprint density at radius 2 is 1.87 bits per heavy atom. The highest BCUT2D eigenvalue weighted by molar-refractivity contribution is 5.74. The Kier molecular flexibility index (Phi) is 8.20. The van der Waals surface area contributed by atoms with Crippen LogP contribution >= 0.6 is 0 Å². The molecule has 8 heteroatoms. The van der Waals surface area contributed by atoms with Gasteiger partial charge in [-0.15, -0.1) is 0 Å². The normalized spacial score (nSPS) is 14.7. The number of pyridine rings is 1. The van der Waals surface area contributed by atoms with E-state index in [-0.39, 0.29) is 18.4 Å². The molecule has 0 saturated carbocycles. The van der Waals surface area contributed by atoms with Crippen molar-refractivity contribution in [3.8, 4) is 0 Å². The molecule has 1 fully saturated rings. The maximum Gasteiger partial charge on any atom is 0.318 e. The molecule has 3 rings (SSSR count). The lowest BCUT2D eigenvalue weighted by Crippen LogP contribution is -2.45. The van der Waals surface area contributed by atoms with E-state index < -0.39 is 0 Å². The predicted octanol–water partition coefficient (Wildman–Crippen LogP) is 2.25. The maximum absolute atomic E-state index is 14.1. The first-order chi connectivity index (χ1) is 14.9. The molecule has 0 bridgehead atoms. The van der Waals surface area contributed by atoms with E-state index in [0.717, 1.165) is 37.6 Å². The van der Waals surface area contributed by atoms with Crippen molar-refractivity contribution in [1.29, 1.82) is 0 Å². The lowest BCUT2D eigenvalue weighted by molar-refractivity contribution is 0.187. The van der Waals surface area contributed by atoms with E-state index in [9.17, 15) is 9.18 Å². The molecule has 0 unspecified atom stereocenters. The molecule has 1 aromatic heterocycles. The monoisotopic (exact) mass is 428 g/mol. The standard InChI is InChI=1S/C23H33FN6O/c1-27(2)10-13-30(18-20-6-4-5-7-21(20)24)23(31)26-17-19-8-9-25-22(16-19)29-14-11-28(3)12-15-29/h4-9,16H,10-15,17-18H2,1-3H3,(H,26,31). The molecule has 0 radical (unpaired) electrons. The Morgan fingerprint density at radius 3 is 2.58 bits per heavy atom. The summed E-state index contributed by atoms with van der Waals surface area (Å²) < 4.78 is 14.1. The van der Waals surface area contributed by atoms with Gasteiger partial charge in [-0.25, -0.2) is 14.2 Å². The molecule has 168 valence electrons. The summed E-state index contributed by atoms with van der Waals surface area (Å²) >= 11 is 0. The van der Waals surface area contributed by atoms with E-state index in [1.165, 1.54) is 6.07 Å². The zero-order chi connectivity index (χ0) is 22.2. The van der Waals surface area contributed by atoms with E-state index in [1.54, 1.807) is 29.3 Å². The molecular weight excluding hydrogens is 395 g/mol. The average molecular weight is 429 g/mol. The van der Waals surface area contributed by atoms with Crippen LogP contribution in [-0.2, 0) is 13.1 Å². The van der Waals surface area contributed by atoms with Gasteiger partial charge in [-0.05, 0) is 44.9 Å². The molecule has 1 aliphatic rings. The third-order valence-electron chi connectivity index (χ3n) is 5.50. The van der Waals surface area contributed by atoms with Crippen LogP contribution in [0.2, 0.25) is 0 Å². The molecule has 0 spiro atoms. The van der Waals surface area contributed by atoms with Crippen molar-refractivity contribution in [2.24, 2.45) is 0 Å². The van der Waals surface area contributed by atoms with Crippen molar-refractivity contribution in [3.63, 3.8) is 0 Å². The Hall–Kier alpha value is -2.71. The number of nitrogens with zero attached hydrogens (tertiary/aromatic N) is 5. The third-order valence-corrected chi connectivity index (χ3v) is 5.50. The molecule has 2 amide bonds. The van der Waals surface area contributed by atoms with Crippen LogP contribution in [0.5, 0.6) is 0 Å². The number of amides is 2. The minimum atomic E-state index is -0.295. The van der Waals surface area contributed by atoms with Gasteiger partial charge in [0.1, 0.15) is 11.6 Å². The van der Waals surface area contributed by atoms with Crippen molar-refractivity contribution in [2.75, 3.05) is 65.3 Å². The van der Waals surface area contributed by atoms with Gasteiger partial charge in [0.05, 0.1) is 6.54 Å². The minimum absolute atomic E-state index is 0.205. The van der Waals surface area contributed by atoms with Gasteiger partial charge in [0.15, 0.2) is 0 Å². The van der Waals surface area contributed by atoms with E-state index in [1.807, 2.05) is 31.1 Å². The van der Waals surface area contributed by atoms with Crippen molar-refractivity contribution < 1.29 is 9.18 Å². The fraction of sp³-hybridized carbons (Fsp3) is 0.478. The summed E-state index contributed by atoms with van der Waals surface area (Å²) in [6.45, 7) is 5.76. The van der Waals surface area contributed by atoms with Crippen molar-refractivity contribution in [2.45, 2.75) is 13.1 Å². The number of rotatable bonds is 8. The zero-order valence-electron chi connectivity index (χ0n) is 18.7. The van der Waals surface area contributed by atoms with Crippen LogP contribution in [0.1, 0.15) is 11.1 Å². The topological polar surface area (TPSA) is 55.0 Å². The lowest BCUT2D eigenvalue weighted by atomic mass is 10.2. The van der Waals surface area contributed by atoms with Crippen LogP contribution in [0, 0.1) is 5.82 Å². The predicted molar refractivity (Wildman–Crippen MR) is 122 cm³/mol. The molecule has 31 heavy (non-hydrogen) atoms. The Morgan fingerprint density at radius 1 is 1.13 bits per heavy atom. The maximum atomic E-state index is 14.1. The van der Waals surface area contributed by atoms with Crippen LogP contribution in [-0.4, -0.2) is 86.1 Å². The van der Waals surface area contributed by atoms with Crippen LogP contribution < -0.4 is 10.2 Å². The quantitative estimate of drug-likeness (QED) is 0.699. The molecule has 2 aromatic rings. The highest BCUT2D eigenvalue weighted by atomic mass is 19.1. The van der Waals surface area contributed by atoms with E-state index in [0.29, 0.717) is 25.2 Å². The van der Waals surface area contributed by atoms with Crippen LogP contribution in [0.3, 0.4) is 0 Å². The number of carbonyl (C=O) groups is 1. The fourth-order valence-corrected chi connectivity index (χ4v) is 3.47. The fourth-order valence-electron chi connectivity index (χ4n) is 3.47. The van der Waals surface area contributed by atoms with Crippen LogP contribution in [0.4, 0.5) is 15.0 Å². The first-order valence-electron chi connectivity index (χ1n) is 10.7. The number of likely N-dealkylation sites (N-methyl/N-ethyl adjacent to an activating group) is 2. The van der Waals surface area contributed by atoms with E-state index in [4.69, 9.17) is 0 Å². The summed E-state index contributed by atoms with van der Waals surface area (Å²) in [5.74, 6) is 0.645. The number of aromatic nitrogens is 1. The molecule has 1 saturated heterocycles. The number of urea groups is 1. The van der Waals surface area contributed by atoms with Crippen LogP contribution in [0.15, 0.2) is 42.6 Å². The number of piperazine rings is 1. The number of nitrogens with one attached hydrogen (secondary N) is 1. The molecule has 1 N–H and O–H groups in total. The molecule has 7 nitrogen and oxygen atoms in total. The van der Waals surface area contributed by atoms with Crippen molar-refractivity contribution in [1.82, 2.24) is 25.0 Å². The lowest BCUT2D eigenvalue weighted by Gasteiger charge is -2.33. The Labute approximate surface area is 184 Å². The Balaban J connectivity index is 1.62. The zero-order valence-corrected chi connectivity index (χ0v) is 18.7. The van der Waals surface area contributed by atoms with Gasteiger partial charge in [-0.1, -0.05) is 18.2 Å². The largest absolute Gasteiger partial charge is 0.354 e. The summed E-state index contributed by atoms with van der Waals surface area (Å²) in [5.41, 5.74) is 1.51. The van der Waals surface area contributed by atoms with Gasteiger partial charge in [0.25, 0.3) is 0 Å². The smallest absolute Gasteiger partial charge is 0.318 e. The number of hydrogen-bond acceptors (Lipinski definition) is 5. The van der Waals surface area contributed by atoms with Gasteiger partial charge in [-0.3, -0.25) is 0 Å².